The summed E-state index contributed by atoms with van der Waals surface area (Å²) in [6.07, 6.45) is 0.334. The summed E-state index contributed by atoms with van der Waals surface area (Å²) in [5.74, 6) is -0.205. The first-order valence-corrected chi connectivity index (χ1v) is 8.36. The SMILES string of the molecule is COC(=O)CC(NCc1ccc(C)cc1Br)c1cccs1. The molecule has 2 rings (SSSR count). The lowest BCUT2D eigenvalue weighted by Crippen LogP contribution is -2.23. The maximum atomic E-state index is 11.6. The topological polar surface area (TPSA) is 38.3 Å². The molecule has 1 aromatic heterocycles. The van der Waals surface area contributed by atoms with Crippen molar-refractivity contribution in [1.82, 2.24) is 5.32 Å². The van der Waals surface area contributed by atoms with E-state index in [-0.39, 0.29) is 12.0 Å². The number of methoxy groups -OCH3 is 1. The van der Waals surface area contributed by atoms with E-state index in [1.165, 1.54) is 18.2 Å². The molecule has 3 nitrogen and oxygen atoms in total. The van der Waals surface area contributed by atoms with Gasteiger partial charge in [-0.1, -0.05) is 34.1 Å². The highest BCUT2D eigenvalue weighted by Crippen LogP contribution is 2.24. The Morgan fingerprint density at radius 3 is 2.86 bits per heavy atom. The van der Waals surface area contributed by atoms with E-state index in [0.29, 0.717) is 13.0 Å². The van der Waals surface area contributed by atoms with Crippen molar-refractivity contribution in [3.63, 3.8) is 0 Å². The second kappa shape index (κ2) is 7.73. The number of hydrogen-bond donors (Lipinski definition) is 1. The van der Waals surface area contributed by atoms with E-state index in [1.807, 2.05) is 17.5 Å². The van der Waals surface area contributed by atoms with Gasteiger partial charge in [0.2, 0.25) is 0 Å². The van der Waals surface area contributed by atoms with Crippen LogP contribution in [-0.4, -0.2) is 13.1 Å². The van der Waals surface area contributed by atoms with Crippen molar-refractivity contribution < 1.29 is 9.53 Å². The lowest BCUT2D eigenvalue weighted by Gasteiger charge is -2.17. The lowest BCUT2D eigenvalue weighted by atomic mass is 10.1. The number of aryl methyl sites for hydroxylation is 1. The zero-order valence-electron chi connectivity index (χ0n) is 12.1. The van der Waals surface area contributed by atoms with Crippen LogP contribution in [0, 0.1) is 6.92 Å². The number of thiophene rings is 1. The first-order valence-electron chi connectivity index (χ1n) is 6.68. The second-order valence-corrected chi connectivity index (χ2v) is 6.66. The number of rotatable bonds is 6. The summed E-state index contributed by atoms with van der Waals surface area (Å²) in [7, 11) is 1.42. The molecule has 0 saturated heterocycles. The minimum atomic E-state index is -0.205. The monoisotopic (exact) mass is 367 g/mol. The van der Waals surface area contributed by atoms with Gasteiger partial charge in [0.05, 0.1) is 19.6 Å². The molecule has 0 spiro atoms. The summed E-state index contributed by atoms with van der Waals surface area (Å²) in [6, 6.07) is 10.3. The van der Waals surface area contributed by atoms with Crippen molar-refractivity contribution in [1.29, 1.82) is 0 Å². The molecule has 1 unspecified atom stereocenters. The van der Waals surface area contributed by atoms with Gasteiger partial charge in [-0.2, -0.15) is 0 Å². The quantitative estimate of drug-likeness (QED) is 0.777. The Hall–Kier alpha value is -1.17. The number of carbonyl (C=O) groups excluding carboxylic acids is 1. The van der Waals surface area contributed by atoms with Crippen LogP contribution in [0.25, 0.3) is 0 Å². The van der Waals surface area contributed by atoms with Crippen molar-refractivity contribution in [2.24, 2.45) is 0 Å². The molecule has 0 amide bonds. The zero-order chi connectivity index (χ0) is 15.2. The van der Waals surface area contributed by atoms with Crippen LogP contribution in [0.3, 0.4) is 0 Å². The minimum absolute atomic E-state index is 0.0225. The summed E-state index contributed by atoms with van der Waals surface area (Å²) >= 11 is 5.22. The molecule has 0 aliphatic carbocycles. The van der Waals surface area contributed by atoms with Crippen LogP contribution in [-0.2, 0) is 16.1 Å². The van der Waals surface area contributed by atoms with Crippen molar-refractivity contribution in [3.05, 3.63) is 56.2 Å². The molecule has 0 bridgehead atoms. The first kappa shape index (κ1) is 16.2. The summed E-state index contributed by atoms with van der Waals surface area (Å²) in [5, 5.41) is 5.46. The summed E-state index contributed by atoms with van der Waals surface area (Å²) in [4.78, 5) is 12.7. The molecule has 1 atom stereocenters. The Kier molecular flexibility index (Phi) is 5.96. The predicted octanol–water partition coefficient (Wildman–Crippen LogP) is 4.21. The Labute approximate surface area is 137 Å². The lowest BCUT2D eigenvalue weighted by molar-refractivity contribution is -0.141. The number of carbonyl (C=O) groups is 1. The molecule has 0 saturated carbocycles. The van der Waals surface area contributed by atoms with E-state index < -0.39 is 0 Å². The number of halogens is 1. The number of hydrogen-bond acceptors (Lipinski definition) is 4. The standard InChI is InChI=1S/C16H18BrNO2S/c1-11-5-6-12(13(17)8-11)10-18-14(9-16(19)20-2)15-4-3-7-21-15/h3-8,14,18H,9-10H2,1-2H3. The largest absolute Gasteiger partial charge is 0.469 e. The summed E-state index contributed by atoms with van der Waals surface area (Å²) in [6.45, 7) is 2.76. The highest BCUT2D eigenvalue weighted by molar-refractivity contribution is 9.10. The number of benzene rings is 1. The van der Waals surface area contributed by atoms with Gasteiger partial charge in [0, 0.05) is 15.9 Å². The van der Waals surface area contributed by atoms with Crippen molar-refractivity contribution >= 4 is 33.2 Å². The van der Waals surface area contributed by atoms with E-state index >= 15 is 0 Å². The van der Waals surface area contributed by atoms with Gasteiger partial charge in [0.1, 0.15) is 0 Å². The van der Waals surface area contributed by atoms with Crippen LogP contribution >= 0.6 is 27.3 Å². The van der Waals surface area contributed by atoms with Crippen LogP contribution < -0.4 is 5.32 Å². The number of nitrogens with one attached hydrogen (secondary N) is 1. The molecule has 5 heteroatoms. The molecule has 1 aromatic carbocycles. The highest BCUT2D eigenvalue weighted by Gasteiger charge is 2.17. The highest BCUT2D eigenvalue weighted by atomic mass is 79.9. The van der Waals surface area contributed by atoms with Crippen LogP contribution in [0.5, 0.6) is 0 Å². The van der Waals surface area contributed by atoms with E-state index in [4.69, 9.17) is 4.74 Å². The molecule has 21 heavy (non-hydrogen) atoms. The first-order chi connectivity index (χ1) is 10.1. The average Bonchev–Trinajstić information content (AvgIpc) is 2.98. The van der Waals surface area contributed by atoms with Crippen LogP contribution in [0.4, 0.5) is 0 Å². The van der Waals surface area contributed by atoms with Crippen molar-refractivity contribution in [2.75, 3.05) is 7.11 Å². The Balaban J connectivity index is 2.06. The third kappa shape index (κ3) is 4.66. The summed E-state index contributed by atoms with van der Waals surface area (Å²) < 4.78 is 5.87. The normalized spacial score (nSPS) is 12.1. The van der Waals surface area contributed by atoms with Crippen molar-refractivity contribution in [3.8, 4) is 0 Å². The minimum Gasteiger partial charge on any atom is -0.469 e. The third-order valence-corrected chi connectivity index (χ3v) is 4.96. The van der Waals surface area contributed by atoms with Crippen LogP contribution in [0.2, 0.25) is 0 Å². The molecule has 1 N–H and O–H groups in total. The van der Waals surface area contributed by atoms with Crippen molar-refractivity contribution in [2.45, 2.75) is 25.9 Å². The molecule has 0 aliphatic heterocycles. The number of ether oxygens (including phenoxy) is 1. The maximum Gasteiger partial charge on any atom is 0.307 e. The van der Waals surface area contributed by atoms with Gasteiger partial charge in [-0.25, -0.2) is 0 Å². The van der Waals surface area contributed by atoms with Gasteiger partial charge in [-0.15, -0.1) is 11.3 Å². The van der Waals surface area contributed by atoms with E-state index in [9.17, 15) is 4.79 Å². The third-order valence-electron chi connectivity index (χ3n) is 3.23. The molecule has 112 valence electrons. The fourth-order valence-electron chi connectivity index (χ4n) is 2.04. The smallest absolute Gasteiger partial charge is 0.307 e. The Bertz CT molecular complexity index is 598. The van der Waals surface area contributed by atoms with Gasteiger partial charge in [0.25, 0.3) is 0 Å². The second-order valence-electron chi connectivity index (χ2n) is 4.82. The molecular weight excluding hydrogens is 350 g/mol. The van der Waals surface area contributed by atoms with Crippen LogP contribution in [0.15, 0.2) is 40.2 Å². The van der Waals surface area contributed by atoms with Gasteiger partial charge >= 0.3 is 5.97 Å². The van der Waals surface area contributed by atoms with Crippen LogP contribution in [0.1, 0.15) is 28.5 Å². The van der Waals surface area contributed by atoms with Gasteiger partial charge in [-0.05, 0) is 35.6 Å². The van der Waals surface area contributed by atoms with Gasteiger partial charge in [0.15, 0.2) is 0 Å². The fourth-order valence-corrected chi connectivity index (χ4v) is 3.48. The molecule has 0 aliphatic rings. The van der Waals surface area contributed by atoms with Gasteiger partial charge < -0.3 is 10.1 Å². The number of esters is 1. The zero-order valence-corrected chi connectivity index (χ0v) is 14.5. The molecular formula is C16H18BrNO2S. The predicted molar refractivity (Wildman–Crippen MR) is 89.4 cm³/mol. The molecule has 2 aromatic rings. The molecule has 0 fully saturated rings. The van der Waals surface area contributed by atoms with Gasteiger partial charge in [-0.3, -0.25) is 4.79 Å². The molecule has 1 heterocycles. The van der Waals surface area contributed by atoms with E-state index in [2.05, 4.69) is 46.4 Å². The molecule has 0 radical (unpaired) electrons. The average molecular weight is 368 g/mol. The summed E-state index contributed by atoms with van der Waals surface area (Å²) in [5.41, 5.74) is 2.39. The van der Waals surface area contributed by atoms with E-state index in [1.54, 1.807) is 11.3 Å². The Morgan fingerprint density at radius 2 is 2.24 bits per heavy atom. The fraction of sp³-hybridized carbons (Fsp3) is 0.312. The maximum absolute atomic E-state index is 11.6. The van der Waals surface area contributed by atoms with E-state index in [0.717, 1.165) is 9.35 Å². The Morgan fingerprint density at radius 1 is 1.43 bits per heavy atom.